The topological polar surface area (TPSA) is 35.5 Å². The van der Waals surface area contributed by atoms with E-state index in [4.69, 9.17) is 9.47 Å². The number of methoxy groups -OCH3 is 1. The molecule has 0 radical (unpaired) electrons. The number of hydrogen-bond acceptors (Lipinski definition) is 3. The number of likely N-dealkylation sites (tertiary alicyclic amines) is 1. The number of carbonyl (C=O) groups is 1. The van der Waals surface area contributed by atoms with E-state index in [1.807, 2.05) is 26.0 Å². The number of benzene rings is 2. The number of nitrogens with zero attached hydrogens (tertiary/aromatic N) is 1. The van der Waals surface area contributed by atoms with Crippen molar-refractivity contribution < 1.29 is 18.8 Å². The van der Waals surface area contributed by atoms with E-state index in [-0.39, 0.29) is 12.0 Å². The van der Waals surface area contributed by atoms with Crippen molar-refractivity contribution in [3.63, 3.8) is 0 Å². The van der Waals surface area contributed by atoms with E-state index in [9.17, 15) is 4.79 Å². The van der Waals surface area contributed by atoms with Gasteiger partial charge >= 0.3 is 0 Å². The van der Waals surface area contributed by atoms with Gasteiger partial charge in [0.25, 0.3) is 0 Å². The Morgan fingerprint density at radius 2 is 1.77 bits per heavy atom. The average molecular weight is 409 g/mol. The molecule has 0 bridgehead atoms. The van der Waals surface area contributed by atoms with Crippen LogP contribution in [0.15, 0.2) is 42.5 Å². The smallest absolute Gasteiger partial charge is 0.166 e. The number of ether oxygens (including phenoxy) is 2. The molecule has 0 aromatic heterocycles. The molecule has 1 fully saturated rings. The second-order valence-electron chi connectivity index (χ2n) is 9.55. The Morgan fingerprint density at radius 3 is 2.40 bits per heavy atom. The third-order valence-corrected chi connectivity index (χ3v) is 6.85. The van der Waals surface area contributed by atoms with Gasteiger partial charge in [-0.25, -0.2) is 0 Å². The van der Waals surface area contributed by atoms with Gasteiger partial charge in [0.15, 0.2) is 17.3 Å². The summed E-state index contributed by atoms with van der Waals surface area (Å²) in [6.07, 6.45) is 3.13. The Bertz CT molecular complexity index is 898. The summed E-state index contributed by atoms with van der Waals surface area (Å²) in [4.78, 5) is 13.2. The summed E-state index contributed by atoms with van der Waals surface area (Å²) in [5.41, 5.74) is 3.35. The van der Waals surface area contributed by atoms with Gasteiger partial charge in [0.2, 0.25) is 0 Å². The van der Waals surface area contributed by atoms with Crippen LogP contribution in [-0.2, 0) is 13.0 Å². The SMILES string of the molecule is COc1cc2c(cc1OC(C)C)CC(C1CC[N+](C)(Cc3ccccc3)CC1)C2=O. The summed E-state index contributed by atoms with van der Waals surface area (Å²) in [6, 6.07) is 14.7. The van der Waals surface area contributed by atoms with Crippen LogP contribution in [0.3, 0.4) is 0 Å². The van der Waals surface area contributed by atoms with Gasteiger partial charge in [0.05, 0.1) is 33.4 Å². The lowest BCUT2D eigenvalue weighted by atomic mass is 9.81. The van der Waals surface area contributed by atoms with Gasteiger partial charge in [0, 0.05) is 29.9 Å². The van der Waals surface area contributed by atoms with E-state index in [2.05, 4.69) is 37.4 Å². The van der Waals surface area contributed by atoms with Crippen LogP contribution < -0.4 is 9.47 Å². The average Bonchev–Trinajstić information content (AvgIpc) is 3.03. The zero-order valence-electron chi connectivity index (χ0n) is 18.7. The number of carbonyl (C=O) groups excluding carboxylic acids is 1. The van der Waals surface area contributed by atoms with Crippen molar-refractivity contribution in [1.82, 2.24) is 0 Å². The van der Waals surface area contributed by atoms with Gasteiger partial charge < -0.3 is 14.0 Å². The molecule has 2 aliphatic rings. The Balaban J connectivity index is 1.45. The van der Waals surface area contributed by atoms with Crippen LogP contribution >= 0.6 is 0 Å². The first-order valence-electron chi connectivity index (χ1n) is 11.2. The molecule has 1 aliphatic heterocycles. The molecule has 1 aliphatic carbocycles. The van der Waals surface area contributed by atoms with Crippen molar-refractivity contribution >= 4 is 5.78 Å². The van der Waals surface area contributed by atoms with Crippen LogP contribution in [0.1, 0.15) is 48.2 Å². The number of rotatable bonds is 6. The van der Waals surface area contributed by atoms with E-state index in [0.717, 1.165) is 60.3 Å². The quantitative estimate of drug-likeness (QED) is 0.638. The lowest BCUT2D eigenvalue weighted by molar-refractivity contribution is -0.928. The van der Waals surface area contributed by atoms with Crippen LogP contribution in [-0.4, -0.2) is 43.6 Å². The second-order valence-corrected chi connectivity index (χ2v) is 9.55. The number of piperidine rings is 1. The van der Waals surface area contributed by atoms with Gasteiger partial charge in [-0.05, 0) is 43.9 Å². The predicted molar refractivity (Wildman–Crippen MR) is 119 cm³/mol. The Kier molecular flexibility index (Phi) is 5.88. The van der Waals surface area contributed by atoms with Crippen molar-refractivity contribution in [2.45, 2.75) is 45.8 Å². The Hall–Kier alpha value is -2.33. The molecular formula is C26H34NO3+. The van der Waals surface area contributed by atoms with Gasteiger partial charge in [-0.15, -0.1) is 0 Å². The van der Waals surface area contributed by atoms with Crippen molar-refractivity contribution in [3.05, 3.63) is 59.2 Å². The molecule has 2 aromatic rings. The first-order chi connectivity index (χ1) is 14.4. The number of ketones is 1. The Morgan fingerprint density at radius 1 is 1.07 bits per heavy atom. The zero-order valence-corrected chi connectivity index (χ0v) is 18.7. The van der Waals surface area contributed by atoms with E-state index in [0.29, 0.717) is 17.5 Å². The van der Waals surface area contributed by atoms with E-state index >= 15 is 0 Å². The molecule has 1 heterocycles. The van der Waals surface area contributed by atoms with Gasteiger partial charge in [-0.2, -0.15) is 0 Å². The van der Waals surface area contributed by atoms with Crippen molar-refractivity contribution in [2.24, 2.45) is 11.8 Å². The summed E-state index contributed by atoms with van der Waals surface area (Å²) >= 11 is 0. The molecule has 4 rings (SSSR count). The lowest BCUT2D eigenvalue weighted by Gasteiger charge is -2.42. The molecule has 4 heteroatoms. The summed E-state index contributed by atoms with van der Waals surface area (Å²) in [7, 11) is 3.99. The van der Waals surface area contributed by atoms with Crippen LogP contribution in [0.4, 0.5) is 0 Å². The molecule has 4 nitrogen and oxygen atoms in total. The van der Waals surface area contributed by atoms with E-state index < -0.39 is 0 Å². The highest BCUT2D eigenvalue weighted by Crippen LogP contribution is 2.42. The molecule has 160 valence electrons. The van der Waals surface area contributed by atoms with Gasteiger partial charge in [-0.1, -0.05) is 30.3 Å². The Labute approximate surface area is 180 Å². The first kappa shape index (κ1) is 20.9. The highest BCUT2D eigenvalue weighted by atomic mass is 16.5. The maximum Gasteiger partial charge on any atom is 0.166 e. The normalized spacial score (nSPS) is 26.0. The van der Waals surface area contributed by atoms with Crippen LogP contribution in [0.5, 0.6) is 11.5 Å². The fraction of sp³-hybridized carbons (Fsp3) is 0.500. The maximum atomic E-state index is 13.2. The van der Waals surface area contributed by atoms with Crippen LogP contribution in [0.2, 0.25) is 0 Å². The molecule has 0 saturated carbocycles. The summed E-state index contributed by atoms with van der Waals surface area (Å²) in [5.74, 6) is 2.27. The molecule has 0 amide bonds. The lowest BCUT2D eigenvalue weighted by Crippen LogP contribution is -2.50. The van der Waals surface area contributed by atoms with Crippen LogP contribution in [0, 0.1) is 11.8 Å². The molecule has 1 unspecified atom stereocenters. The minimum absolute atomic E-state index is 0.0725. The first-order valence-corrected chi connectivity index (χ1v) is 11.2. The standard InChI is InChI=1S/C26H34NO3/c1-18(2)30-25-15-21-14-22(26(28)23(21)16-24(25)29-4)20-10-12-27(3,13-11-20)17-19-8-6-5-7-9-19/h5-9,15-16,18,20,22H,10-14,17H2,1-4H3/q+1. The molecule has 1 saturated heterocycles. The molecule has 30 heavy (non-hydrogen) atoms. The van der Waals surface area contributed by atoms with Gasteiger partial charge in [-0.3, -0.25) is 4.79 Å². The molecule has 1 atom stereocenters. The summed E-state index contributed by atoms with van der Waals surface area (Å²) < 4.78 is 12.5. The molecule has 0 spiro atoms. The maximum absolute atomic E-state index is 13.2. The van der Waals surface area contributed by atoms with E-state index in [1.165, 1.54) is 5.56 Å². The van der Waals surface area contributed by atoms with Crippen molar-refractivity contribution in [3.8, 4) is 11.5 Å². The van der Waals surface area contributed by atoms with E-state index in [1.54, 1.807) is 7.11 Å². The number of fused-ring (bicyclic) bond motifs is 1. The number of quaternary nitrogens is 1. The zero-order chi connectivity index (χ0) is 21.3. The third kappa shape index (κ3) is 4.24. The summed E-state index contributed by atoms with van der Waals surface area (Å²) in [6.45, 7) is 7.34. The second kappa shape index (κ2) is 8.43. The highest BCUT2D eigenvalue weighted by Gasteiger charge is 2.41. The highest BCUT2D eigenvalue weighted by molar-refractivity contribution is 6.03. The minimum atomic E-state index is 0.0725. The van der Waals surface area contributed by atoms with Crippen molar-refractivity contribution in [2.75, 3.05) is 27.2 Å². The van der Waals surface area contributed by atoms with Crippen molar-refractivity contribution in [1.29, 1.82) is 0 Å². The summed E-state index contributed by atoms with van der Waals surface area (Å²) in [5, 5.41) is 0. The fourth-order valence-corrected chi connectivity index (χ4v) is 5.21. The van der Waals surface area contributed by atoms with Gasteiger partial charge in [0.1, 0.15) is 6.54 Å². The monoisotopic (exact) mass is 408 g/mol. The number of Topliss-reactive ketones (excluding diaryl/α,β-unsaturated/α-hetero) is 1. The van der Waals surface area contributed by atoms with Crippen LogP contribution in [0.25, 0.3) is 0 Å². The number of hydrogen-bond donors (Lipinski definition) is 0. The minimum Gasteiger partial charge on any atom is -0.493 e. The molecular weight excluding hydrogens is 374 g/mol. The molecule has 0 N–H and O–H groups in total. The molecule has 2 aromatic carbocycles. The predicted octanol–water partition coefficient (Wildman–Crippen LogP) is 4.89. The largest absolute Gasteiger partial charge is 0.493 e. The fourth-order valence-electron chi connectivity index (χ4n) is 5.21. The third-order valence-electron chi connectivity index (χ3n) is 6.85.